The molecule has 1 aromatic heterocycles. The van der Waals surface area contributed by atoms with E-state index in [0.29, 0.717) is 0 Å². The van der Waals surface area contributed by atoms with Crippen LogP contribution in [-0.2, 0) is 0 Å². The highest BCUT2D eigenvalue weighted by molar-refractivity contribution is 6.29. The van der Waals surface area contributed by atoms with Gasteiger partial charge >= 0.3 is 0 Å². The van der Waals surface area contributed by atoms with Gasteiger partial charge in [0.05, 0.1) is 5.69 Å². The van der Waals surface area contributed by atoms with Crippen LogP contribution in [0, 0.1) is 24.4 Å². The zero-order valence-corrected chi connectivity index (χ0v) is 6.22. The van der Waals surface area contributed by atoms with Crippen LogP contribution in [0.25, 0.3) is 0 Å². The number of nitrogens with zero attached hydrogens (tertiary/aromatic N) is 1. The largest absolute Gasteiger partial charge is 0.235 e. The van der Waals surface area contributed by atoms with Gasteiger partial charge in [-0.1, -0.05) is 11.6 Å². The van der Waals surface area contributed by atoms with Gasteiger partial charge in [0, 0.05) is 0 Å². The number of aromatic nitrogens is 1. The lowest BCUT2D eigenvalue weighted by Gasteiger charge is -1.99. The Labute approximate surface area is 65.8 Å². The predicted molar refractivity (Wildman–Crippen MR) is 33.9 cm³/mol. The zero-order valence-electron chi connectivity index (χ0n) is 5.46. The number of aryl methyl sites for hydroxylation is 1. The molecule has 0 aliphatic rings. The second kappa shape index (κ2) is 2.70. The minimum absolute atomic E-state index is 0.256. The van der Waals surface area contributed by atoms with Crippen molar-refractivity contribution in [1.82, 2.24) is 4.98 Å². The highest BCUT2D eigenvalue weighted by Crippen LogP contribution is 2.18. The maximum Gasteiger partial charge on any atom is 0.199 e. The van der Waals surface area contributed by atoms with Crippen molar-refractivity contribution in [3.8, 4) is 0 Å². The Hall–Kier alpha value is -0.770. The molecule has 0 unspecified atom stereocenters. The van der Waals surface area contributed by atoms with Crippen LogP contribution in [0.1, 0.15) is 5.69 Å². The summed E-state index contributed by atoms with van der Waals surface area (Å²) in [5.74, 6) is -4.33. The van der Waals surface area contributed by atoms with Crippen molar-refractivity contribution in [3.63, 3.8) is 0 Å². The summed E-state index contributed by atoms with van der Waals surface area (Å²) in [4.78, 5) is 3.21. The maximum atomic E-state index is 12.4. The molecule has 0 atom stereocenters. The molecule has 0 aliphatic heterocycles. The fourth-order valence-electron chi connectivity index (χ4n) is 0.591. The first-order valence-electron chi connectivity index (χ1n) is 2.70. The number of pyridine rings is 1. The Kier molecular flexibility index (Phi) is 2.04. The van der Waals surface area contributed by atoms with E-state index in [2.05, 4.69) is 4.98 Å². The van der Waals surface area contributed by atoms with Gasteiger partial charge in [0.15, 0.2) is 22.6 Å². The van der Waals surface area contributed by atoms with Crippen molar-refractivity contribution in [1.29, 1.82) is 0 Å². The van der Waals surface area contributed by atoms with Crippen molar-refractivity contribution in [2.75, 3.05) is 0 Å². The Morgan fingerprint density at radius 2 is 1.64 bits per heavy atom. The highest BCUT2D eigenvalue weighted by atomic mass is 35.5. The lowest BCUT2D eigenvalue weighted by Crippen LogP contribution is -1.98. The first-order chi connectivity index (χ1) is 5.04. The van der Waals surface area contributed by atoms with Crippen molar-refractivity contribution >= 4 is 11.6 Å². The molecule has 1 aromatic rings. The Morgan fingerprint density at radius 3 is 2.18 bits per heavy atom. The quantitative estimate of drug-likeness (QED) is 0.561. The zero-order chi connectivity index (χ0) is 8.59. The first-order valence-corrected chi connectivity index (χ1v) is 3.08. The monoisotopic (exact) mass is 181 g/mol. The summed E-state index contributed by atoms with van der Waals surface area (Å²) in [6.07, 6.45) is 0. The van der Waals surface area contributed by atoms with E-state index in [9.17, 15) is 13.2 Å². The third kappa shape index (κ3) is 1.30. The second-order valence-corrected chi connectivity index (χ2v) is 2.29. The molecule has 0 saturated carbocycles. The molecule has 60 valence electrons. The van der Waals surface area contributed by atoms with Gasteiger partial charge in [-0.15, -0.1) is 0 Å². The van der Waals surface area contributed by atoms with E-state index in [1.54, 1.807) is 0 Å². The molecular formula is C6H3ClF3N. The molecule has 1 heterocycles. The summed E-state index contributed by atoms with van der Waals surface area (Å²) in [6.45, 7) is 1.20. The third-order valence-corrected chi connectivity index (χ3v) is 1.40. The molecule has 5 heteroatoms. The van der Waals surface area contributed by atoms with E-state index < -0.39 is 22.6 Å². The van der Waals surface area contributed by atoms with Crippen LogP contribution < -0.4 is 0 Å². The fraction of sp³-hybridized carbons (Fsp3) is 0.167. The molecule has 1 nitrogen and oxygen atoms in total. The summed E-state index contributed by atoms with van der Waals surface area (Å²) >= 11 is 5.10. The fourth-order valence-corrected chi connectivity index (χ4v) is 0.801. The normalized spacial score (nSPS) is 10.3. The van der Waals surface area contributed by atoms with Crippen LogP contribution in [0.5, 0.6) is 0 Å². The van der Waals surface area contributed by atoms with Crippen LogP contribution in [0.4, 0.5) is 13.2 Å². The molecule has 0 aliphatic carbocycles. The molecule has 0 saturated heterocycles. The van der Waals surface area contributed by atoms with Gasteiger partial charge in [-0.3, -0.25) is 0 Å². The minimum Gasteiger partial charge on any atom is -0.235 e. The molecule has 11 heavy (non-hydrogen) atoms. The van der Waals surface area contributed by atoms with E-state index in [0.717, 1.165) is 0 Å². The van der Waals surface area contributed by atoms with Gasteiger partial charge in [-0.25, -0.2) is 18.2 Å². The average molecular weight is 182 g/mol. The summed E-state index contributed by atoms with van der Waals surface area (Å²) in [7, 11) is 0. The Morgan fingerprint density at radius 1 is 1.09 bits per heavy atom. The molecule has 0 fully saturated rings. The van der Waals surface area contributed by atoms with Gasteiger partial charge in [0.2, 0.25) is 0 Å². The van der Waals surface area contributed by atoms with Gasteiger partial charge in [-0.2, -0.15) is 0 Å². The highest BCUT2D eigenvalue weighted by Gasteiger charge is 2.16. The van der Waals surface area contributed by atoms with Crippen LogP contribution >= 0.6 is 11.6 Å². The van der Waals surface area contributed by atoms with Crippen LogP contribution in [0.2, 0.25) is 5.15 Å². The molecule has 1 rings (SSSR count). The maximum absolute atomic E-state index is 12.4. The lowest BCUT2D eigenvalue weighted by atomic mass is 10.3. The van der Waals surface area contributed by atoms with Crippen molar-refractivity contribution in [3.05, 3.63) is 28.3 Å². The van der Waals surface area contributed by atoms with E-state index >= 15 is 0 Å². The molecular weight excluding hydrogens is 179 g/mol. The number of halogens is 4. The summed E-state index contributed by atoms with van der Waals surface area (Å²) < 4.78 is 37.2. The van der Waals surface area contributed by atoms with E-state index in [1.165, 1.54) is 6.92 Å². The lowest BCUT2D eigenvalue weighted by molar-refractivity contribution is 0.436. The second-order valence-electron chi connectivity index (χ2n) is 1.93. The van der Waals surface area contributed by atoms with E-state index in [4.69, 9.17) is 11.6 Å². The van der Waals surface area contributed by atoms with Crippen LogP contribution in [-0.4, -0.2) is 4.98 Å². The first kappa shape index (κ1) is 8.33. The number of hydrogen-bond acceptors (Lipinski definition) is 1. The van der Waals surface area contributed by atoms with Gasteiger partial charge < -0.3 is 0 Å². The average Bonchev–Trinajstić information content (AvgIpc) is 1.97. The van der Waals surface area contributed by atoms with E-state index in [-0.39, 0.29) is 5.69 Å². The molecule has 0 bridgehead atoms. The summed E-state index contributed by atoms with van der Waals surface area (Å²) in [6, 6.07) is 0. The summed E-state index contributed by atoms with van der Waals surface area (Å²) in [5, 5.41) is -0.651. The molecule has 0 radical (unpaired) electrons. The SMILES string of the molecule is Cc1nc(Cl)c(F)c(F)c1F. The third-order valence-electron chi connectivity index (χ3n) is 1.15. The molecule has 0 amide bonds. The Bertz CT molecular complexity index is 274. The summed E-state index contributed by atoms with van der Waals surface area (Å²) in [5.41, 5.74) is -0.256. The van der Waals surface area contributed by atoms with Gasteiger partial charge in [-0.05, 0) is 6.92 Å². The Balaban J connectivity index is 3.46. The minimum atomic E-state index is -1.58. The van der Waals surface area contributed by atoms with Gasteiger partial charge in [0.25, 0.3) is 0 Å². The topological polar surface area (TPSA) is 12.9 Å². The smallest absolute Gasteiger partial charge is 0.199 e. The van der Waals surface area contributed by atoms with Crippen LogP contribution in [0.3, 0.4) is 0 Å². The van der Waals surface area contributed by atoms with Crippen LogP contribution in [0.15, 0.2) is 0 Å². The number of hydrogen-bond donors (Lipinski definition) is 0. The van der Waals surface area contributed by atoms with Crippen molar-refractivity contribution < 1.29 is 13.2 Å². The van der Waals surface area contributed by atoms with Crippen molar-refractivity contribution in [2.45, 2.75) is 6.92 Å². The van der Waals surface area contributed by atoms with Gasteiger partial charge in [0.1, 0.15) is 0 Å². The predicted octanol–water partition coefficient (Wildman–Crippen LogP) is 2.46. The molecule has 0 N–H and O–H groups in total. The number of rotatable bonds is 0. The standard InChI is InChI=1S/C6H3ClF3N/c1-2-3(8)4(9)5(10)6(7)11-2/h1H3. The van der Waals surface area contributed by atoms with E-state index in [1.807, 2.05) is 0 Å². The molecule has 0 aromatic carbocycles. The van der Waals surface area contributed by atoms with Crippen molar-refractivity contribution in [2.24, 2.45) is 0 Å². The molecule has 0 spiro atoms.